The van der Waals surface area contributed by atoms with Crippen molar-refractivity contribution in [3.8, 4) is 0 Å². The minimum Gasteiger partial charge on any atom is -0.481 e. The Morgan fingerprint density at radius 3 is 2.50 bits per heavy atom. The highest BCUT2D eigenvalue weighted by Gasteiger charge is 2.51. The Balaban J connectivity index is 2.49. The normalized spacial score (nSPS) is 33.5. The van der Waals surface area contributed by atoms with Crippen LogP contribution in [-0.2, 0) is 9.53 Å². The molecule has 0 saturated heterocycles. The molecule has 0 spiro atoms. The molecule has 1 rings (SSSR count). The predicted octanol–water partition coefficient (Wildman–Crippen LogP) is 1.03. The molecule has 0 aromatic carbocycles. The lowest BCUT2D eigenvalue weighted by Crippen LogP contribution is -2.55. The van der Waals surface area contributed by atoms with E-state index in [1.54, 1.807) is 6.92 Å². The number of ether oxygens (including phenoxy) is 1. The topological polar surface area (TPSA) is 66.8 Å². The lowest BCUT2D eigenvalue weighted by atomic mass is 9.68. The van der Waals surface area contributed by atoms with Crippen molar-refractivity contribution in [1.29, 1.82) is 0 Å². The van der Waals surface area contributed by atoms with Crippen LogP contribution in [0.4, 0.5) is 0 Å². The quantitative estimate of drug-likeness (QED) is 0.698. The third-order valence-corrected chi connectivity index (χ3v) is 2.92. The summed E-state index contributed by atoms with van der Waals surface area (Å²) in [5.74, 6) is -1.57. The Kier molecular flexibility index (Phi) is 3.50. The van der Waals surface area contributed by atoms with Crippen molar-refractivity contribution in [2.75, 3.05) is 6.61 Å². The summed E-state index contributed by atoms with van der Waals surface area (Å²) >= 11 is 0. The van der Waals surface area contributed by atoms with E-state index in [1.807, 2.05) is 6.92 Å². The van der Waals surface area contributed by atoms with Gasteiger partial charge in [0.15, 0.2) is 0 Å². The van der Waals surface area contributed by atoms with Gasteiger partial charge in [0, 0.05) is 19.4 Å². The van der Waals surface area contributed by atoms with Gasteiger partial charge in [-0.1, -0.05) is 6.92 Å². The molecule has 0 amide bonds. The zero-order valence-corrected chi connectivity index (χ0v) is 8.69. The smallest absolute Gasteiger partial charge is 0.309 e. The third-order valence-electron chi connectivity index (χ3n) is 2.92. The van der Waals surface area contributed by atoms with Gasteiger partial charge < -0.3 is 14.9 Å². The summed E-state index contributed by atoms with van der Waals surface area (Å²) in [6.07, 6.45) is 1.40. The number of carboxylic acids is 1. The standard InChI is InChI=1S/C10H18O4/c1-3-8(9(11)12)10(13)5-7(6-10)14-4-2/h7-8,13H,3-6H2,1-2H3,(H,11,12). The maximum atomic E-state index is 10.8. The first-order valence-electron chi connectivity index (χ1n) is 5.10. The van der Waals surface area contributed by atoms with E-state index in [2.05, 4.69) is 0 Å². The largest absolute Gasteiger partial charge is 0.481 e. The maximum absolute atomic E-state index is 10.8. The van der Waals surface area contributed by atoms with Crippen LogP contribution in [-0.4, -0.2) is 34.5 Å². The molecule has 1 saturated carbocycles. The fourth-order valence-electron chi connectivity index (χ4n) is 2.15. The number of carbonyl (C=O) groups is 1. The van der Waals surface area contributed by atoms with Gasteiger partial charge in [-0.15, -0.1) is 0 Å². The summed E-state index contributed by atoms with van der Waals surface area (Å²) in [6, 6.07) is 0. The van der Waals surface area contributed by atoms with Crippen LogP contribution < -0.4 is 0 Å². The van der Waals surface area contributed by atoms with Crippen molar-refractivity contribution in [2.45, 2.75) is 44.8 Å². The summed E-state index contributed by atoms with van der Waals surface area (Å²) in [4.78, 5) is 10.8. The van der Waals surface area contributed by atoms with Crippen molar-refractivity contribution in [3.63, 3.8) is 0 Å². The average Bonchev–Trinajstić information content (AvgIpc) is 2.02. The fourth-order valence-corrected chi connectivity index (χ4v) is 2.15. The van der Waals surface area contributed by atoms with E-state index in [0.29, 0.717) is 25.9 Å². The van der Waals surface area contributed by atoms with Gasteiger partial charge in [-0.05, 0) is 13.3 Å². The molecule has 1 aliphatic rings. The first kappa shape index (κ1) is 11.5. The molecule has 0 radical (unpaired) electrons. The lowest BCUT2D eigenvalue weighted by molar-refractivity contribution is -0.185. The first-order chi connectivity index (χ1) is 6.53. The van der Waals surface area contributed by atoms with Crippen molar-refractivity contribution in [3.05, 3.63) is 0 Å². The Hall–Kier alpha value is -0.610. The minimum atomic E-state index is -1.04. The molecule has 0 aromatic rings. The number of hydrogen-bond donors (Lipinski definition) is 2. The molecule has 4 heteroatoms. The van der Waals surface area contributed by atoms with Gasteiger partial charge in [-0.2, -0.15) is 0 Å². The highest BCUT2D eigenvalue weighted by molar-refractivity contribution is 5.71. The summed E-state index contributed by atoms with van der Waals surface area (Å²) in [6.45, 7) is 4.29. The van der Waals surface area contributed by atoms with Crippen LogP contribution in [0.5, 0.6) is 0 Å². The van der Waals surface area contributed by atoms with Gasteiger partial charge in [-0.3, -0.25) is 4.79 Å². The van der Waals surface area contributed by atoms with E-state index < -0.39 is 17.5 Å². The van der Waals surface area contributed by atoms with Crippen LogP contribution in [0.25, 0.3) is 0 Å². The van der Waals surface area contributed by atoms with Crippen molar-refractivity contribution >= 4 is 5.97 Å². The summed E-state index contributed by atoms with van der Waals surface area (Å²) in [5.41, 5.74) is -1.04. The van der Waals surface area contributed by atoms with Gasteiger partial charge in [-0.25, -0.2) is 0 Å². The highest BCUT2D eigenvalue weighted by Crippen LogP contribution is 2.41. The molecule has 2 N–H and O–H groups in total. The molecule has 14 heavy (non-hydrogen) atoms. The van der Waals surface area contributed by atoms with Crippen LogP contribution in [0.2, 0.25) is 0 Å². The molecule has 0 aliphatic heterocycles. The van der Waals surface area contributed by atoms with E-state index in [4.69, 9.17) is 9.84 Å². The van der Waals surface area contributed by atoms with E-state index >= 15 is 0 Å². The molecule has 0 bridgehead atoms. The van der Waals surface area contributed by atoms with Crippen molar-refractivity contribution in [1.82, 2.24) is 0 Å². The van der Waals surface area contributed by atoms with Crippen LogP contribution in [0.15, 0.2) is 0 Å². The maximum Gasteiger partial charge on any atom is 0.309 e. The number of rotatable bonds is 5. The molecule has 0 heterocycles. The van der Waals surface area contributed by atoms with E-state index in [1.165, 1.54) is 0 Å². The van der Waals surface area contributed by atoms with E-state index in [-0.39, 0.29) is 6.10 Å². The van der Waals surface area contributed by atoms with Crippen molar-refractivity contribution < 1.29 is 19.7 Å². The van der Waals surface area contributed by atoms with Crippen LogP contribution >= 0.6 is 0 Å². The molecule has 1 unspecified atom stereocenters. The second kappa shape index (κ2) is 4.28. The monoisotopic (exact) mass is 202 g/mol. The van der Waals surface area contributed by atoms with Crippen LogP contribution in [0, 0.1) is 5.92 Å². The molecule has 1 aliphatic carbocycles. The zero-order chi connectivity index (χ0) is 10.8. The second-order valence-electron chi connectivity index (χ2n) is 3.89. The fraction of sp³-hybridized carbons (Fsp3) is 0.900. The zero-order valence-electron chi connectivity index (χ0n) is 8.69. The highest BCUT2D eigenvalue weighted by atomic mass is 16.5. The number of aliphatic carboxylic acids is 1. The SMILES string of the molecule is CCOC1CC(O)(C(CC)C(=O)O)C1. The molecular weight excluding hydrogens is 184 g/mol. The van der Waals surface area contributed by atoms with E-state index in [9.17, 15) is 9.90 Å². The molecule has 4 nitrogen and oxygen atoms in total. The predicted molar refractivity (Wildman–Crippen MR) is 51.0 cm³/mol. The average molecular weight is 202 g/mol. The molecule has 0 aromatic heterocycles. The summed E-state index contributed by atoms with van der Waals surface area (Å²) in [5, 5.41) is 18.9. The van der Waals surface area contributed by atoms with Crippen molar-refractivity contribution in [2.24, 2.45) is 5.92 Å². The Bertz CT molecular complexity index is 208. The summed E-state index contributed by atoms with van der Waals surface area (Å²) in [7, 11) is 0. The van der Waals surface area contributed by atoms with Gasteiger partial charge in [0.2, 0.25) is 0 Å². The van der Waals surface area contributed by atoms with E-state index in [0.717, 1.165) is 0 Å². The van der Waals surface area contributed by atoms with Gasteiger partial charge >= 0.3 is 5.97 Å². The van der Waals surface area contributed by atoms with Crippen LogP contribution in [0.1, 0.15) is 33.1 Å². The summed E-state index contributed by atoms with van der Waals surface area (Å²) < 4.78 is 5.29. The second-order valence-corrected chi connectivity index (χ2v) is 3.89. The Morgan fingerprint density at radius 1 is 1.57 bits per heavy atom. The Labute approximate surface area is 83.9 Å². The Morgan fingerprint density at radius 2 is 2.14 bits per heavy atom. The van der Waals surface area contributed by atoms with Gasteiger partial charge in [0.25, 0.3) is 0 Å². The molecule has 82 valence electrons. The molecular formula is C10H18O4. The van der Waals surface area contributed by atoms with Crippen LogP contribution in [0.3, 0.4) is 0 Å². The third kappa shape index (κ3) is 2.07. The molecule has 1 atom stereocenters. The molecule has 1 fully saturated rings. The van der Waals surface area contributed by atoms with Gasteiger partial charge in [0.05, 0.1) is 17.6 Å². The lowest BCUT2D eigenvalue weighted by Gasteiger charge is -2.46. The minimum absolute atomic E-state index is 0.0402. The number of carboxylic acid groups (broad SMARTS) is 1. The first-order valence-corrected chi connectivity index (χ1v) is 5.10. The number of hydrogen-bond acceptors (Lipinski definition) is 3. The van der Waals surface area contributed by atoms with Gasteiger partial charge in [0.1, 0.15) is 0 Å². The number of aliphatic hydroxyl groups is 1.